The predicted molar refractivity (Wildman–Crippen MR) is 100 cm³/mol. The lowest BCUT2D eigenvalue weighted by atomic mass is 10.1. The fourth-order valence-electron chi connectivity index (χ4n) is 2.26. The number of benzene rings is 1. The minimum atomic E-state index is -4.92. The molecule has 0 fully saturated rings. The van der Waals surface area contributed by atoms with E-state index in [-0.39, 0.29) is 11.4 Å². The van der Waals surface area contributed by atoms with Gasteiger partial charge in [0.1, 0.15) is 17.1 Å². The number of aromatic hydroxyl groups is 1. The summed E-state index contributed by atoms with van der Waals surface area (Å²) in [6, 6.07) is 5.09. The Hall–Kier alpha value is -2.89. The maximum absolute atomic E-state index is 12.1. The molecule has 0 spiro atoms. The Morgan fingerprint density at radius 2 is 1.68 bits per heavy atom. The van der Waals surface area contributed by atoms with E-state index in [2.05, 4.69) is 0 Å². The Kier molecular flexibility index (Phi) is 7.73. The van der Waals surface area contributed by atoms with Gasteiger partial charge in [0, 0.05) is 17.7 Å². The van der Waals surface area contributed by atoms with Gasteiger partial charge < -0.3 is 19.1 Å². The molecule has 1 heterocycles. The summed E-state index contributed by atoms with van der Waals surface area (Å²) < 4.78 is 46.4. The van der Waals surface area contributed by atoms with Crippen LogP contribution in [0.1, 0.15) is 17.0 Å². The standard InChI is InChI=1S/C17H20N2O4.H2O4S/c1-11-8-13(19(3)17(21)18(11)2)7-6-12-9-16(23-5)14(20)10-15(12)22-4;1-5(2,3)4/h6-10H,1-5H3;(H2,1,2,3,4). The summed E-state index contributed by atoms with van der Waals surface area (Å²) in [7, 11) is 1.55. The van der Waals surface area contributed by atoms with Crippen molar-refractivity contribution in [3.8, 4) is 17.2 Å². The predicted octanol–water partition coefficient (Wildman–Crippen LogP) is 0.416. The first-order chi connectivity index (χ1) is 12.9. The molecule has 0 radical (unpaired) electrons. The molecule has 10 nitrogen and oxygen atoms in total. The zero-order valence-corrected chi connectivity index (χ0v) is 16.8. The molecule has 0 aliphatic rings. The Bertz CT molecular complexity index is 1030. The molecule has 0 saturated carbocycles. The fraction of sp³-hybridized carbons (Fsp3) is 0.294. The third-order valence-corrected chi connectivity index (χ3v) is 3.81. The maximum Gasteiger partial charge on any atom is 0.498 e. The van der Waals surface area contributed by atoms with E-state index in [4.69, 9.17) is 27.0 Å². The number of aryl methyl sites for hydroxylation is 1. The van der Waals surface area contributed by atoms with Crippen molar-refractivity contribution in [3.63, 3.8) is 0 Å². The Balaban J connectivity index is 0.000000696. The molecule has 0 saturated heterocycles. The highest BCUT2D eigenvalue weighted by Gasteiger charge is 2.12. The third-order valence-electron chi connectivity index (χ3n) is 3.81. The minimum absolute atomic E-state index is 0.0106. The lowest BCUT2D eigenvalue weighted by Gasteiger charge is -2.09. The van der Waals surface area contributed by atoms with Gasteiger partial charge in [0.2, 0.25) is 10.4 Å². The number of aromatic nitrogens is 2. The SMILES string of the molecule is COc1cc(C=Cc2cc(C)n(C)c(=O)[n+]2C)c(OC)cc1O.O=S(=O)([O-])O. The molecule has 1 aromatic carbocycles. The maximum atomic E-state index is 12.1. The van der Waals surface area contributed by atoms with Crippen LogP contribution in [0.15, 0.2) is 23.0 Å². The quantitative estimate of drug-likeness (QED) is 0.416. The van der Waals surface area contributed by atoms with E-state index in [9.17, 15) is 9.90 Å². The van der Waals surface area contributed by atoms with Crippen LogP contribution in [0.4, 0.5) is 0 Å². The van der Waals surface area contributed by atoms with Crippen molar-refractivity contribution in [1.82, 2.24) is 4.57 Å². The first-order valence-electron chi connectivity index (χ1n) is 7.77. The van der Waals surface area contributed by atoms with Crippen molar-refractivity contribution in [2.45, 2.75) is 6.92 Å². The summed E-state index contributed by atoms with van der Waals surface area (Å²) in [5.41, 5.74) is 2.27. The zero-order chi connectivity index (χ0) is 21.6. The number of rotatable bonds is 4. The number of hydrogen-bond acceptors (Lipinski definition) is 7. The van der Waals surface area contributed by atoms with Gasteiger partial charge in [-0.25, -0.2) is 8.42 Å². The normalized spacial score (nSPS) is 11.1. The lowest BCUT2D eigenvalue weighted by molar-refractivity contribution is -0.692. The molecule has 2 rings (SSSR count). The second-order valence-electron chi connectivity index (χ2n) is 5.64. The molecule has 28 heavy (non-hydrogen) atoms. The average molecular weight is 414 g/mol. The number of hydrogen-bond donors (Lipinski definition) is 2. The summed E-state index contributed by atoms with van der Waals surface area (Å²) in [6.07, 6.45) is 3.64. The lowest BCUT2D eigenvalue weighted by Crippen LogP contribution is -2.53. The van der Waals surface area contributed by atoms with E-state index in [1.807, 2.05) is 25.1 Å². The molecule has 0 bridgehead atoms. The molecule has 0 amide bonds. The van der Waals surface area contributed by atoms with Crippen LogP contribution in [0.5, 0.6) is 17.2 Å². The number of phenols is 1. The fourth-order valence-corrected chi connectivity index (χ4v) is 2.26. The molecule has 2 N–H and O–H groups in total. The Labute approximate surface area is 162 Å². The second kappa shape index (κ2) is 9.35. The molecule has 11 heteroatoms. The van der Waals surface area contributed by atoms with Gasteiger partial charge >= 0.3 is 5.69 Å². The third kappa shape index (κ3) is 6.37. The summed E-state index contributed by atoms with van der Waals surface area (Å²) >= 11 is 0. The Morgan fingerprint density at radius 1 is 1.14 bits per heavy atom. The van der Waals surface area contributed by atoms with Gasteiger partial charge in [-0.1, -0.05) is 0 Å². The molecular formula is C17H22N2O8S. The van der Waals surface area contributed by atoms with E-state index < -0.39 is 10.4 Å². The van der Waals surface area contributed by atoms with Crippen LogP contribution in [0.25, 0.3) is 12.2 Å². The summed E-state index contributed by atoms with van der Waals surface area (Å²) in [4.78, 5) is 12.1. The Morgan fingerprint density at radius 3 is 2.18 bits per heavy atom. The number of phenolic OH excluding ortho intramolecular Hbond substituents is 1. The van der Waals surface area contributed by atoms with Crippen LogP contribution >= 0.6 is 0 Å². The first-order valence-corrected chi connectivity index (χ1v) is 9.13. The monoisotopic (exact) mass is 414 g/mol. The molecule has 154 valence electrons. The molecule has 0 unspecified atom stereocenters. The first kappa shape index (κ1) is 23.1. The van der Waals surface area contributed by atoms with Gasteiger partial charge in [-0.15, -0.1) is 0 Å². The van der Waals surface area contributed by atoms with Crippen molar-refractivity contribution in [2.24, 2.45) is 14.1 Å². The van der Waals surface area contributed by atoms with Gasteiger partial charge in [0.25, 0.3) is 0 Å². The molecule has 0 aliphatic heterocycles. The highest BCUT2D eigenvalue weighted by atomic mass is 32.3. The van der Waals surface area contributed by atoms with Gasteiger partial charge in [-0.05, 0) is 25.1 Å². The van der Waals surface area contributed by atoms with Crippen LogP contribution < -0.4 is 19.7 Å². The van der Waals surface area contributed by atoms with E-state index in [0.717, 1.165) is 17.0 Å². The van der Waals surface area contributed by atoms with Gasteiger partial charge in [0.05, 0.1) is 28.3 Å². The highest BCUT2D eigenvalue weighted by Crippen LogP contribution is 2.34. The van der Waals surface area contributed by atoms with Crippen molar-refractivity contribution >= 4 is 22.6 Å². The van der Waals surface area contributed by atoms with Gasteiger partial charge in [0.15, 0.2) is 11.5 Å². The van der Waals surface area contributed by atoms with Crippen molar-refractivity contribution < 1.29 is 36.7 Å². The van der Waals surface area contributed by atoms with E-state index in [1.54, 1.807) is 29.3 Å². The van der Waals surface area contributed by atoms with Crippen LogP contribution in [-0.4, -0.2) is 41.4 Å². The van der Waals surface area contributed by atoms with E-state index >= 15 is 0 Å². The van der Waals surface area contributed by atoms with E-state index in [0.29, 0.717) is 11.5 Å². The van der Waals surface area contributed by atoms with Crippen LogP contribution in [0, 0.1) is 6.92 Å². The largest absolute Gasteiger partial charge is 0.726 e. The van der Waals surface area contributed by atoms with Crippen molar-refractivity contribution in [2.75, 3.05) is 14.2 Å². The highest BCUT2D eigenvalue weighted by molar-refractivity contribution is 7.79. The van der Waals surface area contributed by atoms with Crippen molar-refractivity contribution in [1.29, 1.82) is 0 Å². The van der Waals surface area contributed by atoms with Gasteiger partial charge in [-0.3, -0.25) is 4.55 Å². The molecular weight excluding hydrogens is 392 g/mol. The summed E-state index contributed by atoms with van der Waals surface area (Å²) in [5.74, 6) is 0.884. The number of methoxy groups -OCH3 is 2. The number of nitrogens with zero attached hydrogens (tertiary/aromatic N) is 2. The minimum Gasteiger partial charge on any atom is -0.726 e. The van der Waals surface area contributed by atoms with Crippen LogP contribution in [0.3, 0.4) is 0 Å². The smallest absolute Gasteiger partial charge is 0.498 e. The second-order valence-corrected chi connectivity index (χ2v) is 6.49. The van der Waals surface area contributed by atoms with Crippen molar-refractivity contribution in [3.05, 3.63) is 45.6 Å². The molecule has 0 aliphatic carbocycles. The molecule has 2 aromatic rings. The molecule has 1 aromatic heterocycles. The zero-order valence-electron chi connectivity index (χ0n) is 16.0. The summed E-state index contributed by atoms with van der Waals surface area (Å²) in [6.45, 7) is 1.88. The van der Waals surface area contributed by atoms with Crippen LogP contribution in [-0.2, 0) is 24.5 Å². The molecule has 0 atom stereocenters. The van der Waals surface area contributed by atoms with E-state index in [1.165, 1.54) is 20.3 Å². The van der Waals surface area contributed by atoms with Crippen LogP contribution in [0.2, 0.25) is 0 Å². The summed E-state index contributed by atoms with van der Waals surface area (Å²) in [5, 5.41) is 9.80. The topological polar surface area (TPSA) is 142 Å². The number of ether oxygens (including phenoxy) is 2. The van der Waals surface area contributed by atoms with Gasteiger partial charge in [-0.2, -0.15) is 13.9 Å². The average Bonchev–Trinajstić information content (AvgIpc) is 2.60.